The van der Waals surface area contributed by atoms with Crippen molar-refractivity contribution in [3.8, 4) is 0 Å². The molecule has 0 saturated carbocycles. The van der Waals surface area contributed by atoms with E-state index in [0.29, 0.717) is 5.76 Å². The Morgan fingerprint density at radius 3 is 2.67 bits per heavy atom. The largest absolute Gasteiger partial charge is 0.451 e. The van der Waals surface area contributed by atoms with Crippen LogP contribution < -0.4 is 5.32 Å². The van der Waals surface area contributed by atoms with Crippen molar-refractivity contribution in [1.82, 2.24) is 5.32 Å². The van der Waals surface area contributed by atoms with Gasteiger partial charge in [-0.15, -0.1) is 0 Å². The molecule has 2 rings (SSSR count). The Morgan fingerprint density at radius 2 is 2.06 bits per heavy atom. The minimum atomic E-state index is -0.337. The summed E-state index contributed by atoms with van der Waals surface area (Å²) < 4.78 is 5.53. The van der Waals surface area contributed by atoms with E-state index in [1.807, 2.05) is 45.0 Å². The predicted octanol–water partition coefficient (Wildman–Crippen LogP) is 3.72. The van der Waals surface area contributed by atoms with E-state index in [1.54, 1.807) is 6.07 Å². The molecule has 0 aliphatic carbocycles. The maximum atomic E-state index is 12.1. The minimum Gasteiger partial charge on any atom is -0.451 e. The van der Waals surface area contributed by atoms with Crippen molar-refractivity contribution in [2.24, 2.45) is 0 Å². The van der Waals surface area contributed by atoms with Gasteiger partial charge in [0.25, 0.3) is 5.91 Å². The first-order valence-electron chi connectivity index (χ1n) is 5.85. The Kier molecular flexibility index (Phi) is 3.48. The van der Waals surface area contributed by atoms with Gasteiger partial charge in [-0.25, -0.2) is 0 Å². The lowest BCUT2D eigenvalue weighted by Crippen LogP contribution is -2.48. The molecular weight excluding hydrogens is 294 g/mol. The van der Waals surface area contributed by atoms with Crippen molar-refractivity contribution in [2.75, 3.05) is 0 Å². The van der Waals surface area contributed by atoms with Gasteiger partial charge in [-0.2, -0.15) is 0 Å². The van der Waals surface area contributed by atoms with Crippen molar-refractivity contribution in [2.45, 2.75) is 31.1 Å². The molecule has 0 aliphatic heterocycles. The molecule has 1 aromatic carbocycles. The van der Waals surface area contributed by atoms with Gasteiger partial charge >= 0.3 is 0 Å². The second-order valence-corrected chi connectivity index (χ2v) is 6.31. The van der Waals surface area contributed by atoms with Crippen LogP contribution in [0.4, 0.5) is 0 Å². The molecule has 1 heterocycles. The predicted molar refractivity (Wildman–Crippen MR) is 76.1 cm³/mol. The Balaban J connectivity index is 2.24. The van der Waals surface area contributed by atoms with E-state index in [4.69, 9.17) is 4.42 Å². The molecule has 1 aromatic heterocycles. The lowest BCUT2D eigenvalue weighted by molar-refractivity contribution is 0.0887. The van der Waals surface area contributed by atoms with Crippen molar-refractivity contribution < 1.29 is 9.21 Å². The number of furan rings is 1. The first kappa shape index (κ1) is 13.1. The topological polar surface area (TPSA) is 42.2 Å². The molecule has 0 fully saturated rings. The summed E-state index contributed by atoms with van der Waals surface area (Å²) in [6.45, 7) is 5.93. The van der Waals surface area contributed by atoms with Gasteiger partial charge < -0.3 is 9.73 Å². The summed E-state index contributed by atoms with van der Waals surface area (Å²) in [4.78, 5) is 12.3. The SMILES string of the molecule is CC(Br)C(C)(C)NC(=O)c1cc2ccccc2o1. The number of carbonyl (C=O) groups is 1. The van der Waals surface area contributed by atoms with Gasteiger partial charge in [0, 0.05) is 15.8 Å². The third kappa shape index (κ3) is 2.58. The van der Waals surface area contributed by atoms with Crippen molar-refractivity contribution in [3.63, 3.8) is 0 Å². The highest BCUT2D eigenvalue weighted by Crippen LogP contribution is 2.21. The molecule has 3 nitrogen and oxygen atoms in total. The third-order valence-corrected chi connectivity index (χ3v) is 4.22. The normalized spacial score (nSPS) is 13.6. The monoisotopic (exact) mass is 309 g/mol. The van der Waals surface area contributed by atoms with Crippen LogP contribution in [0.5, 0.6) is 0 Å². The molecule has 1 N–H and O–H groups in total. The summed E-state index contributed by atoms with van der Waals surface area (Å²) in [6.07, 6.45) is 0. The van der Waals surface area contributed by atoms with E-state index in [1.165, 1.54) is 0 Å². The zero-order valence-corrected chi connectivity index (χ0v) is 12.2. The zero-order chi connectivity index (χ0) is 13.3. The summed E-state index contributed by atoms with van der Waals surface area (Å²) in [7, 11) is 0. The molecule has 0 aliphatic rings. The molecule has 2 aromatic rings. The summed E-state index contributed by atoms with van der Waals surface area (Å²) in [6, 6.07) is 9.35. The van der Waals surface area contributed by atoms with Gasteiger partial charge in [0.05, 0.1) is 0 Å². The number of halogens is 1. The number of rotatable bonds is 3. The summed E-state index contributed by atoms with van der Waals surface area (Å²) in [5.41, 5.74) is 0.392. The smallest absolute Gasteiger partial charge is 0.287 e. The number of hydrogen-bond donors (Lipinski definition) is 1. The highest BCUT2D eigenvalue weighted by molar-refractivity contribution is 9.09. The highest BCUT2D eigenvalue weighted by atomic mass is 79.9. The maximum Gasteiger partial charge on any atom is 0.287 e. The van der Waals surface area contributed by atoms with Crippen LogP contribution in [0.1, 0.15) is 31.3 Å². The number of hydrogen-bond acceptors (Lipinski definition) is 2. The second kappa shape index (κ2) is 4.76. The van der Waals surface area contributed by atoms with E-state index in [0.717, 1.165) is 11.0 Å². The van der Waals surface area contributed by atoms with Crippen LogP contribution >= 0.6 is 15.9 Å². The summed E-state index contributed by atoms with van der Waals surface area (Å²) >= 11 is 3.49. The molecule has 4 heteroatoms. The minimum absolute atomic E-state index is 0.165. The fraction of sp³-hybridized carbons (Fsp3) is 0.357. The van der Waals surface area contributed by atoms with Gasteiger partial charge in [-0.05, 0) is 26.0 Å². The van der Waals surface area contributed by atoms with Crippen LogP contribution in [0.3, 0.4) is 0 Å². The Bertz CT molecular complexity index is 539. The molecule has 0 saturated heterocycles. The Labute approximate surface area is 115 Å². The number of para-hydroxylation sites is 1. The van der Waals surface area contributed by atoms with Crippen molar-refractivity contribution in [3.05, 3.63) is 36.1 Å². The van der Waals surface area contributed by atoms with E-state index < -0.39 is 0 Å². The maximum absolute atomic E-state index is 12.1. The molecule has 96 valence electrons. The van der Waals surface area contributed by atoms with E-state index in [2.05, 4.69) is 21.2 Å². The van der Waals surface area contributed by atoms with Crippen LogP contribution in [0.25, 0.3) is 11.0 Å². The molecule has 0 radical (unpaired) electrons. The molecule has 1 unspecified atom stereocenters. The first-order valence-corrected chi connectivity index (χ1v) is 6.77. The second-order valence-electron chi connectivity index (χ2n) is 4.94. The average Bonchev–Trinajstić information content (AvgIpc) is 2.71. The molecule has 18 heavy (non-hydrogen) atoms. The molecule has 1 amide bonds. The quantitative estimate of drug-likeness (QED) is 0.878. The van der Waals surface area contributed by atoms with Crippen LogP contribution in [0.15, 0.2) is 34.7 Å². The summed E-state index contributed by atoms with van der Waals surface area (Å²) in [5.74, 6) is 0.153. The zero-order valence-electron chi connectivity index (χ0n) is 10.7. The van der Waals surface area contributed by atoms with E-state index in [9.17, 15) is 4.79 Å². The molecule has 0 bridgehead atoms. The van der Waals surface area contributed by atoms with Crippen molar-refractivity contribution in [1.29, 1.82) is 0 Å². The van der Waals surface area contributed by atoms with Gasteiger partial charge in [0.2, 0.25) is 0 Å². The Morgan fingerprint density at radius 1 is 1.39 bits per heavy atom. The van der Waals surface area contributed by atoms with Gasteiger partial charge in [-0.1, -0.05) is 41.1 Å². The van der Waals surface area contributed by atoms with E-state index >= 15 is 0 Å². The average molecular weight is 310 g/mol. The van der Waals surface area contributed by atoms with Gasteiger partial charge in [-0.3, -0.25) is 4.79 Å². The Hall–Kier alpha value is -1.29. The van der Waals surface area contributed by atoms with Gasteiger partial charge in [0.15, 0.2) is 5.76 Å². The van der Waals surface area contributed by atoms with Crippen LogP contribution in [-0.4, -0.2) is 16.3 Å². The van der Waals surface area contributed by atoms with Gasteiger partial charge in [0.1, 0.15) is 5.58 Å². The third-order valence-electron chi connectivity index (χ3n) is 3.08. The van der Waals surface area contributed by atoms with Crippen molar-refractivity contribution >= 4 is 32.8 Å². The number of amides is 1. The summed E-state index contributed by atoms with van der Waals surface area (Å²) in [5, 5.41) is 3.89. The number of carbonyl (C=O) groups excluding carboxylic acids is 1. The van der Waals surface area contributed by atoms with Crippen LogP contribution in [-0.2, 0) is 0 Å². The first-order chi connectivity index (χ1) is 8.40. The highest BCUT2D eigenvalue weighted by Gasteiger charge is 2.27. The molecular formula is C14H16BrNO2. The fourth-order valence-corrected chi connectivity index (χ4v) is 1.66. The number of alkyl halides is 1. The molecule has 0 spiro atoms. The number of nitrogens with one attached hydrogen (secondary N) is 1. The lowest BCUT2D eigenvalue weighted by Gasteiger charge is -2.28. The van der Waals surface area contributed by atoms with Crippen LogP contribution in [0.2, 0.25) is 0 Å². The lowest BCUT2D eigenvalue weighted by atomic mass is 10.0. The standard InChI is InChI=1S/C14H16BrNO2/c1-9(15)14(2,3)16-13(17)12-8-10-6-4-5-7-11(10)18-12/h4-9H,1-3H3,(H,16,17). The number of benzene rings is 1. The molecule has 1 atom stereocenters. The fourth-order valence-electron chi connectivity index (χ4n) is 1.55. The number of fused-ring (bicyclic) bond motifs is 1. The van der Waals surface area contributed by atoms with Crippen LogP contribution in [0, 0.1) is 0 Å². The van der Waals surface area contributed by atoms with E-state index in [-0.39, 0.29) is 16.3 Å².